The first-order chi connectivity index (χ1) is 17.9. The van der Waals surface area contributed by atoms with Crippen molar-refractivity contribution in [1.29, 1.82) is 0 Å². The Balaban J connectivity index is 1.46. The van der Waals surface area contributed by atoms with E-state index in [1.54, 1.807) is 31.4 Å². The number of ether oxygens (including phenoxy) is 3. The lowest BCUT2D eigenvalue weighted by atomic mass is 10.1. The Bertz CT molecular complexity index is 1330. The first-order valence-corrected chi connectivity index (χ1v) is 12.5. The molecule has 0 radical (unpaired) electrons. The summed E-state index contributed by atoms with van der Waals surface area (Å²) in [7, 11) is 1.61. The topological polar surface area (TPSA) is 112 Å². The molecular formula is C27H27N3O6S. The van der Waals surface area contributed by atoms with Gasteiger partial charge < -0.3 is 24.8 Å². The number of nitrogens with one attached hydrogen (secondary N) is 2. The molecule has 10 heteroatoms. The van der Waals surface area contributed by atoms with Crippen molar-refractivity contribution < 1.29 is 23.9 Å². The molecule has 9 nitrogen and oxygen atoms in total. The molecule has 1 aliphatic rings. The average molecular weight is 522 g/mol. The Morgan fingerprint density at radius 1 is 1.05 bits per heavy atom. The number of non-ortho nitro benzene ring substituents is 1. The van der Waals surface area contributed by atoms with Crippen molar-refractivity contribution in [3.63, 3.8) is 0 Å². The molecule has 2 N–H and O–H groups in total. The van der Waals surface area contributed by atoms with Crippen LogP contribution in [0.5, 0.6) is 17.2 Å². The molecule has 3 aromatic carbocycles. The minimum absolute atomic E-state index is 0.0282. The smallest absolute Gasteiger partial charge is 0.269 e. The van der Waals surface area contributed by atoms with Crippen molar-refractivity contribution in [3.05, 3.63) is 92.4 Å². The van der Waals surface area contributed by atoms with Gasteiger partial charge in [-0.3, -0.25) is 14.9 Å². The molecule has 37 heavy (non-hydrogen) atoms. The number of aryl methyl sites for hydroxylation is 1. The van der Waals surface area contributed by atoms with E-state index in [1.165, 1.54) is 23.9 Å². The van der Waals surface area contributed by atoms with Crippen molar-refractivity contribution in [1.82, 2.24) is 5.32 Å². The molecule has 1 heterocycles. The number of carbonyl (C=O) groups excluding carboxylic acids is 1. The normalized spacial score (nSPS) is 15.8. The van der Waals surface area contributed by atoms with Gasteiger partial charge in [0.25, 0.3) is 11.6 Å². The quantitative estimate of drug-likeness (QED) is 0.205. The van der Waals surface area contributed by atoms with E-state index in [2.05, 4.69) is 10.6 Å². The first kappa shape index (κ1) is 25.9. The Morgan fingerprint density at radius 2 is 1.81 bits per heavy atom. The second kappa shape index (κ2) is 11.7. The van der Waals surface area contributed by atoms with Gasteiger partial charge in [-0.15, -0.1) is 0 Å². The van der Waals surface area contributed by atoms with Crippen LogP contribution in [0.25, 0.3) is 6.08 Å². The van der Waals surface area contributed by atoms with E-state index < -0.39 is 4.92 Å². The SMILES string of the molecule is CCOc1cc(/C=C2\SC(Nc3cc(C)ccc3OC)NC2=O)ccc1OCc1ccc([N+](=O)[O-])cc1. The van der Waals surface area contributed by atoms with Gasteiger partial charge in [-0.2, -0.15) is 0 Å². The number of hydrogen-bond donors (Lipinski definition) is 2. The fourth-order valence-electron chi connectivity index (χ4n) is 3.67. The first-order valence-electron chi connectivity index (χ1n) is 11.6. The zero-order valence-corrected chi connectivity index (χ0v) is 21.5. The number of nitrogens with zero attached hydrogens (tertiary/aromatic N) is 1. The fourth-order valence-corrected chi connectivity index (χ4v) is 4.65. The van der Waals surface area contributed by atoms with E-state index in [4.69, 9.17) is 14.2 Å². The van der Waals surface area contributed by atoms with Crippen LogP contribution in [-0.4, -0.2) is 30.0 Å². The molecule has 1 atom stereocenters. The third kappa shape index (κ3) is 6.53. The van der Waals surface area contributed by atoms with E-state index in [9.17, 15) is 14.9 Å². The van der Waals surface area contributed by atoms with Gasteiger partial charge in [0.15, 0.2) is 17.0 Å². The summed E-state index contributed by atoms with van der Waals surface area (Å²) in [5.41, 5.74) is 3.15. The average Bonchev–Trinajstić information content (AvgIpc) is 3.22. The van der Waals surface area contributed by atoms with Crippen molar-refractivity contribution in [2.24, 2.45) is 0 Å². The van der Waals surface area contributed by atoms with Crippen LogP contribution in [0.15, 0.2) is 65.6 Å². The number of rotatable bonds is 10. The van der Waals surface area contributed by atoms with Crippen molar-refractivity contribution >= 4 is 35.1 Å². The molecule has 0 spiro atoms. The van der Waals surface area contributed by atoms with Crippen molar-refractivity contribution in [2.75, 3.05) is 19.0 Å². The summed E-state index contributed by atoms with van der Waals surface area (Å²) in [4.78, 5) is 23.6. The summed E-state index contributed by atoms with van der Waals surface area (Å²) >= 11 is 1.38. The number of nitro groups is 1. The molecular weight excluding hydrogens is 494 g/mol. The largest absolute Gasteiger partial charge is 0.495 e. The number of hydrogen-bond acceptors (Lipinski definition) is 8. The predicted octanol–water partition coefficient (Wildman–Crippen LogP) is 5.49. The van der Waals surface area contributed by atoms with Crippen LogP contribution in [0.4, 0.5) is 11.4 Å². The zero-order chi connectivity index (χ0) is 26.4. The Kier molecular flexibility index (Phi) is 8.19. The van der Waals surface area contributed by atoms with Gasteiger partial charge in [0.05, 0.1) is 29.2 Å². The molecule has 0 aromatic heterocycles. The molecule has 0 aliphatic carbocycles. The number of thioether (sulfide) groups is 1. The second-order valence-corrected chi connectivity index (χ2v) is 9.33. The number of nitro benzene ring substituents is 1. The molecule has 0 bridgehead atoms. The van der Waals surface area contributed by atoms with E-state index >= 15 is 0 Å². The molecule has 1 fully saturated rings. The maximum Gasteiger partial charge on any atom is 0.269 e. The molecule has 192 valence electrons. The Morgan fingerprint density at radius 3 is 2.51 bits per heavy atom. The third-order valence-electron chi connectivity index (χ3n) is 5.48. The van der Waals surface area contributed by atoms with Gasteiger partial charge in [-0.05, 0) is 73.0 Å². The number of amides is 1. The van der Waals surface area contributed by atoms with Crippen LogP contribution in [0.3, 0.4) is 0 Å². The molecule has 4 rings (SSSR count). The minimum Gasteiger partial charge on any atom is -0.495 e. The molecule has 1 amide bonds. The van der Waals surface area contributed by atoms with Crippen LogP contribution >= 0.6 is 11.8 Å². The van der Waals surface area contributed by atoms with Crippen molar-refractivity contribution in [2.45, 2.75) is 26.0 Å². The standard InChI is InChI=1S/C27H27N3O6S/c1-4-35-24-14-19(8-12-23(24)36-16-18-6-9-20(10-7-18)30(32)33)15-25-26(31)29-27(37-25)28-21-13-17(2)5-11-22(21)34-3/h5-15,27-28H,4,16H2,1-3H3,(H,29,31)/b25-15-. The summed E-state index contributed by atoms with van der Waals surface area (Å²) in [6.07, 6.45) is 1.80. The summed E-state index contributed by atoms with van der Waals surface area (Å²) in [5, 5.41) is 17.1. The van der Waals surface area contributed by atoms with E-state index in [-0.39, 0.29) is 23.7 Å². The van der Waals surface area contributed by atoms with Gasteiger partial charge in [0.2, 0.25) is 0 Å². The van der Waals surface area contributed by atoms with Gasteiger partial charge in [-0.1, -0.05) is 23.9 Å². The van der Waals surface area contributed by atoms with Crippen molar-refractivity contribution in [3.8, 4) is 17.2 Å². The Hall–Kier alpha value is -4.18. The lowest BCUT2D eigenvalue weighted by Gasteiger charge is -2.16. The second-order valence-electron chi connectivity index (χ2n) is 8.18. The Labute approximate surface area is 219 Å². The van der Waals surface area contributed by atoms with E-state index in [0.717, 1.165) is 22.4 Å². The summed E-state index contributed by atoms with van der Waals surface area (Å²) < 4.78 is 17.1. The van der Waals surface area contributed by atoms with Gasteiger partial charge in [0.1, 0.15) is 12.4 Å². The monoisotopic (exact) mass is 521 g/mol. The highest BCUT2D eigenvalue weighted by molar-refractivity contribution is 8.05. The number of methoxy groups -OCH3 is 1. The van der Waals surface area contributed by atoms with Gasteiger partial charge >= 0.3 is 0 Å². The van der Waals surface area contributed by atoms with Crippen LogP contribution in [0.2, 0.25) is 0 Å². The molecule has 0 saturated carbocycles. The third-order valence-corrected chi connectivity index (χ3v) is 6.51. The number of carbonyl (C=O) groups is 1. The molecule has 1 saturated heterocycles. The molecule has 3 aromatic rings. The summed E-state index contributed by atoms with van der Waals surface area (Å²) in [6.45, 7) is 4.53. The lowest BCUT2D eigenvalue weighted by Crippen LogP contribution is -2.31. The van der Waals surface area contributed by atoms with E-state index in [0.29, 0.717) is 28.8 Å². The molecule has 1 aliphatic heterocycles. The van der Waals surface area contributed by atoms with Crippen LogP contribution in [0, 0.1) is 17.0 Å². The van der Waals surface area contributed by atoms with E-state index in [1.807, 2.05) is 44.2 Å². The summed E-state index contributed by atoms with van der Waals surface area (Å²) in [5.74, 6) is 1.60. The van der Waals surface area contributed by atoms with Gasteiger partial charge in [0, 0.05) is 12.1 Å². The van der Waals surface area contributed by atoms with Gasteiger partial charge in [-0.25, -0.2) is 0 Å². The minimum atomic E-state index is -0.439. The van der Waals surface area contributed by atoms with Crippen LogP contribution in [0.1, 0.15) is 23.6 Å². The fraction of sp³-hybridized carbons (Fsp3) is 0.222. The van der Waals surface area contributed by atoms with Crippen LogP contribution < -0.4 is 24.8 Å². The number of anilines is 1. The predicted molar refractivity (Wildman–Crippen MR) is 144 cm³/mol. The van der Waals surface area contributed by atoms with Crippen LogP contribution in [-0.2, 0) is 11.4 Å². The lowest BCUT2D eigenvalue weighted by molar-refractivity contribution is -0.384. The maximum absolute atomic E-state index is 12.6. The summed E-state index contributed by atoms with van der Waals surface area (Å²) in [6, 6.07) is 17.5. The highest BCUT2D eigenvalue weighted by Gasteiger charge is 2.28. The number of benzene rings is 3. The highest BCUT2D eigenvalue weighted by Crippen LogP contribution is 2.35. The zero-order valence-electron chi connectivity index (χ0n) is 20.6. The molecule has 1 unspecified atom stereocenters. The maximum atomic E-state index is 12.6. The highest BCUT2D eigenvalue weighted by atomic mass is 32.2.